The maximum absolute atomic E-state index is 5.00. The summed E-state index contributed by atoms with van der Waals surface area (Å²) in [6, 6.07) is 66.3. The Labute approximate surface area is 334 Å². The van der Waals surface area contributed by atoms with E-state index < -0.39 is 0 Å². The predicted octanol–water partition coefficient (Wildman–Crippen LogP) is 14.0. The van der Waals surface area contributed by atoms with E-state index in [1.54, 1.807) is 0 Å². The zero-order valence-corrected chi connectivity index (χ0v) is 31.9. The van der Waals surface area contributed by atoms with Gasteiger partial charge in [-0.3, -0.25) is 0 Å². The summed E-state index contributed by atoms with van der Waals surface area (Å²) in [6.45, 7) is 2.29. The highest BCUT2D eigenvalue weighted by molar-refractivity contribution is 7.26. The normalized spacial score (nSPS) is 11.6. The highest BCUT2D eigenvalue weighted by Crippen LogP contribution is 2.51. The first-order valence-electron chi connectivity index (χ1n) is 19.2. The van der Waals surface area contributed by atoms with Gasteiger partial charge in [0.1, 0.15) is 4.83 Å². The fourth-order valence-electron chi connectivity index (χ4n) is 8.43. The minimum atomic E-state index is 0.645. The molecule has 0 amide bonds. The van der Waals surface area contributed by atoms with Crippen molar-refractivity contribution >= 4 is 53.3 Å². The summed E-state index contributed by atoms with van der Waals surface area (Å²) in [6.07, 6.45) is 0. The topological polar surface area (TPSA) is 43.6 Å². The first-order valence-corrected chi connectivity index (χ1v) is 20.0. The second-order valence-corrected chi connectivity index (χ2v) is 15.4. The van der Waals surface area contributed by atoms with Crippen LogP contribution in [0.2, 0.25) is 0 Å². The first kappa shape index (κ1) is 33.2. The van der Waals surface area contributed by atoms with Crippen LogP contribution < -0.4 is 0 Å². The summed E-state index contributed by atoms with van der Waals surface area (Å²) < 4.78 is 3.76. The zero-order chi connectivity index (χ0) is 37.9. The van der Waals surface area contributed by atoms with Gasteiger partial charge in [-0.25, -0.2) is 15.0 Å². The van der Waals surface area contributed by atoms with Crippen molar-refractivity contribution in [1.82, 2.24) is 19.5 Å². The summed E-state index contributed by atoms with van der Waals surface area (Å²) in [5.74, 6) is 1.95. The van der Waals surface area contributed by atoms with Gasteiger partial charge in [-0.1, -0.05) is 170 Å². The maximum Gasteiger partial charge on any atom is 0.164 e. The van der Waals surface area contributed by atoms with Crippen LogP contribution in [0.4, 0.5) is 0 Å². The molecule has 0 radical (unpaired) electrons. The Morgan fingerprint density at radius 1 is 0.404 bits per heavy atom. The molecule has 8 aromatic carbocycles. The molecule has 0 spiro atoms. The van der Waals surface area contributed by atoms with Crippen molar-refractivity contribution in [3.63, 3.8) is 0 Å². The van der Waals surface area contributed by atoms with E-state index in [4.69, 9.17) is 15.0 Å². The molecule has 5 heteroatoms. The van der Waals surface area contributed by atoms with Crippen LogP contribution in [0.1, 0.15) is 5.56 Å². The second kappa shape index (κ2) is 13.5. The molecule has 0 saturated carbocycles. The molecule has 3 aromatic heterocycles. The van der Waals surface area contributed by atoms with Gasteiger partial charge in [0, 0.05) is 48.8 Å². The number of fused-ring (bicyclic) bond motifs is 7. The lowest BCUT2D eigenvalue weighted by molar-refractivity contribution is 1.07. The molecule has 0 unspecified atom stereocenters. The quantitative estimate of drug-likeness (QED) is 0.170. The van der Waals surface area contributed by atoms with Crippen molar-refractivity contribution in [2.24, 2.45) is 0 Å². The lowest BCUT2D eigenvalue weighted by atomic mass is 9.88. The molecule has 11 rings (SSSR count). The Bertz CT molecular complexity index is 3200. The molecule has 0 atom stereocenters. The van der Waals surface area contributed by atoms with Crippen LogP contribution in [0, 0.1) is 6.92 Å². The highest BCUT2D eigenvalue weighted by Gasteiger charge is 2.25. The summed E-state index contributed by atoms with van der Waals surface area (Å²) in [4.78, 5) is 16.2. The number of aromatic nitrogens is 4. The molecular formula is C52H34N4S. The summed E-state index contributed by atoms with van der Waals surface area (Å²) in [7, 11) is 0. The van der Waals surface area contributed by atoms with Crippen molar-refractivity contribution in [3.05, 3.63) is 194 Å². The van der Waals surface area contributed by atoms with Crippen LogP contribution in [0.25, 0.3) is 104 Å². The van der Waals surface area contributed by atoms with E-state index >= 15 is 0 Å². The molecule has 0 aliphatic heterocycles. The van der Waals surface area contributed by atoms with Gasteiger partial charge in [-0.2, -0.15) is 0 Å². The summed E-state index contributed by atoms with van der Waals surface area (Å²) in [5.41, 5.74) is 11.4. The van der Waals surface area contributed by atoms with Crippen LogP contribution in [-0.4, -0.2) is 19.5 Å². The van der Waals surface area contributed by atoms with Gasteiger partial charge in [0.15, 0.2) is 17.5 Å². The van der Waals surface area contributed by atoms with E-state index in [0.717, 1.165) is 27.9 Å². The van der Waals surface area contributed by atoms with E-state index in [0.29, 0.717) is 17.5 Å². The predicted molar refractivity (Wildman–Crippen MR) is 239 cm³/mol. The first-order chi connectivity index (χ1) is 28.2. The van der Waals surface area contributed by atoms with Gasteiger partial charge < -0.3 is 4.57 Å². The molecule has 3 heterocycles. The van der Waals surface area contributed by atoms with Crippen molar-refractivity contribution in [2.45, 2.75) is 6.92 Å². The largest absolute Gasteiger partial charge is 0.301 e. The molecule has 0 saturated heterocycles. The number of benzene rings is 8. The minimum absolute atomic E-state index is 0.645. The highest BCUT2D eigenvalue weighted by atomic mass is 32.1. The molecule has 0 aliphatic carbocycles. The van der Waals surface area contributed by atoms with Crippen LogP contribution in [0.5, 0.6) is 0 Å². The van der Waals surface area contributed by atoms with Gasteiger partial charge in [0.2, 0.25) is 0 Å². The fourth-order valence-corrected chi connectivity index (χ4v) is 9.91. The third-order valence-electron chi connectivity index (χ3n) is 11.1. The number of nitrogens with zero attached hydrogens (tertiary/aromatic N) is 4. The second-order valence-electron chi connectivity index (χ2n) is 14.4. The monoisotopic (exact) mass is 746 g/mol. The molecule has 57 heavy (non-hydrogen) atoms. The molecule has 0 N–H and O–H groups in total. The molecule has 4 nitrogen and oxygen atoms in total. The number of aryl methyl sites for hydroxylation is 1. The van der Waals surface area contributed by atoms with E-state index in [9.17, 15) is 0 Å². The smallest absolute Gasteiger partial charge is 0.164 e. The number of rotatable bonds is 6. The summed E-state index contributed by atoms with van der Waals surface area (Å²) in [5, 5.41) is 6.40. The van der Waals surface area contributed by atoms with Gasteiger partial charge in [-0.15, -0.1) is 11.3 Å². The molecule has 0 aliphatic rings. The lowest BCUT2D eigenvalue weighted by Crippen LogP contribution is -2.00. The fraction of sp³-hybridized carbons (Fsp3) is 0.0192. The third-order valence-corrected chi connectivity index (χ3v) is 12.3. The Kier molecular flexibility index (Phi) is 7.86. The van der Waals surface area contributed by atoms with Crippen LogP contribution in [0.3, 0.4) is 0 Å². The van der Waals surface area contributed by atoms with E-state index in [2.05, 4.69) is 139 Å². The molecule has 0 bridgehead atoms. The molecule has 268 valence electrons. The van der Waals surface area contributed by atoms with E-state index in [1.807, 2.05) is 72.0 Å². The Hall–Kier alpha value is -7.21. The van der Waals surface area contributed by atoms with Crippen LogP contribution >= 0.6 is 11.3 Å². The number of thiophene rings is 1. The lowest BCUT2D eigenvalue weighted by Gasteiger charge is -2.16. The van der Waals surface area contributed by atoms with Crippen molar-refractivity contribution in [2.75, 3.05) is 0 Å². The summed E-state index contributed by atoms with van der Waals surface area (Å²) >= 11 is 1.90. The van der Waals surface area contributed by atoms with Gasteiger partial charge in [0.25, 0.3) is 0 Å². The molecule has 11 aromatic rings. The number of hydrogen-bond donors (Lipinski definition) is 0. The van der Waals surface area contributed by atoms with Gasteiger partial charge >= 0.3 is 0 Å². The van der Waals surface area contributed by atoms with Gasteiger partial charge in [0.05, 0.1) is 5.52 Å². The number of para-hydroxylation sites is 2. The molecular weight excluding hydrogens is 713 g/mol. The Balaban J connectivity index is 1.16. The van der Waals surface area contributed by atoms with Crippen LogP contribution in [-0.2, 0) is 0 Å². The zero-order valence-electron chi connectivity index (χ0n) is 31.1. The van der Waals surface area contributed by atoms with Gasteiger partial charge in [-0.05, 0) is 58.1 Å². The molecule has 0 fully saturated rings. The maximum atomic E-state index is 5.00. The van der Waals surface area contributed by atoms with Crippen molar-refractivity contribution < 1.29 is 0 Å². The average Bonchev–Trinajstić information content (AvgIpc) is 3.82. The van der Waals surface area contributed by atoms with E-state index in [-0.39, 0.29) is 0 Å². The number of hydrogen-bond acceptors (Lipinski definition) is 4. The Morgan fingerprint density at radius 3 is 1.51 bits per heavy atom. The average molecular weight is 747 g/mol. The standard InChI is InChI=1S/C52H34N4S/c1-33-40-26-16-27-41(34-29-31-38(32-30-34)51-54-49(36-19-8-3-9-20-36)53-50(55-51)37-21-10-4-11-22-37)45(40)47-46-42-25-14-15-28-43(42)56(39-23-12-5-13-24-39)52(46)57-48(47)44(33)35-17-6-2-7-18-35/h2-32H,1H3. The van der Waals surface area contributed by atoms with Crippen molar-refractivity contribution in [1.29, 1.82) is 0 Å². The Morgan fingerprint density at radius 2 is 0.895 bits per heavy atom. The van der Waals surface area contributed by atoms with Crippen LogP contribution in [0.15, 0.2) is 188 Å². The SMILES string of the molecule is Cc1c(-c2ccccc2)c2sc3c(c4ccccc4n3-c3ccccc3)c2c2c(-c3ccc(-c4nc(-c5ccccc5)nc(-c5ccccc5)n4)cc3)cccc12. The van der Waals surface area contributed by atoms with E-state index in [1.165, 1.54) is 64.2 Å². The minimum Gasteiger partial charge on any atom is -0.301 e. The third kappa shape index (κ3) is 5.47. The van der Waals surface area contributed by atoms with Crippen molar-refractivity contribution in [3.8, 4) is 62.1 Å².